The highest BCUT2D eigenvalue weighted by molar-refractivity contribution is 5.94. The van der Waals surface area contributed by atoms with Gasteiger partial charge in [0.05, 0.1) is 6.61 Å². The second kappa shape index (κ2) is 4.60. The van der Waals surface area contributed by atoms with Gasteiger partial charge in [0, 0.05) is 5.56 Å². The van der Waals surface area contributed by atoms with Crippen LogP contribution in [0.4, 0.5) is 0 Å². The van der Waals surface area contributed by atoms with Gasteiger partial charge in [0.25, 0.3) is 0 Å². The van der Waals surface area contributed by atoms with Crippen molar-refractivity contribution in [3.63, 3.8) is 0 Å². The molecule has 0 heterocycles. The minimum atomic E-state index is 0.0970. The molecule has 3 unspecified atom stereocenters. The lowest BCUT2D eigenvalue weighted by Gasteiger charge is -2.18. The van der Waals surface area contributed by atoms with Crippen LogP contribution < -0.4 is 4.74 Å². The molecule has 2 aliphatic carbocycles. The molecule has 1 aromatic rings. The zero-order chi connectivity index (χ0) is 12.5. The Kier molecular flexibility index (Phi) is 2.94. The molecule has 0 saturated heterocycles. The van der Waals surface area contributed by atoms with Crippen LogP contribution in [0.25, 0.3) is 0 Å². The number of fused-ring (bicyclic) bond motifs is 2. The maximum Gasteiger partial charge on any atom is 0.159 e. The van der Waals surface area contributed by atoms with Crippen molar-refractivity contribution >= 4 is 5.78 Å². The Hall–Kier alpha value is -1.57. The summed E-state index contributed by atoms with van der Waals surface area (Å²) in [5.41, 5.74) is 0.741. The number of hydrogen-bond acceptors (Lipinski definition) is 2. The average molecular weight is 242 g/mol. The van der Waals surface area contributed by atoms with Crippen LogP contribution in [0.1, 0.15) is 30.1 Å². The van der Waals surface area contributed by atoms with Crippen molar-refractivity contribution in [3.8, 4) is 5.75 Å². The second-order valence-electron chi connectivity index (χ2n) is 5.43. The fourth-order valence-electron chi connectivity index (χ4n) is 3.08. The van der Waals surface area contributed by atoms with Crippen LogP contribution in [0.5, 0.6) is 5.75 Å². The Morgan fingerprint density at radius 1 is 1.22 bits per heavy atom. The maximum atomic E-state index is 11.2. The minimum Gasteiger partial charge on any atom is -0.493 e. The number of carbonyl (C=O) groups is 1. The molecule has 3 atom stereocenters. The first kappa shape index (κ1) is 11.5. The Balaban J connectivity index is 1.57. The van der Waals surface area contributed by atoms with E-state index in [0.717, 1.165) is 29.8 Å². The molecule has 94 valence electrons. The summed E-state index contributed by atoms with van der Waals surface area (Å²) >= 11 is 0. The van der Waals surface area contributed by atoms with E-state index in [0.29, 0.717) is 5.92 Å². The quantitative estimate of drug-likeness (QED) is 0.597. The van der Waals surface area contributed by atoms with E-state index in [9.17, 15) is 4.79 Å². The SMILES string of the molecule is CC(=O)c1ccc(OCC2CC3C=CC2C3)cc1. The number of rotatable bonds is 4. The van der Waals surface area contributed by atoms with E-state index in [1.807, 2.05) is 24.3 Å². The summed E-state index contributed by atoms with van der Waals surface area (Å²) in [4.78, 5) is 11.2. The van der Waals surface area contributed by atoms with E-state index in [4.69, 9.17) is 4.74 Å². The molecule has 1 aromatic carbocycles. The summed E-state index contributed by atoms with van der Waals surface area (Å²) in [5, 5.41) is 0. The summed E-state index contributed by atoms with van der Waals surface area (Å²) in [6.45, 7) is 2.38. The highest BCUT2D eigenvalue weighted by Gasteiger charge is 2.35. The van der Waals surface area contributed by atoms with E-state index >= 15 is 0 Å². The monoisotopic (exact) mass is 242 g/mol. The number of allylic oxidation sites excluding steroid dienone is 2. The average Bonchev–Trinajstić information content (AvgIpc) is 2.99. The van der Waals surface area contributed by atoms with E-state index in [-0.39, 0.29) is 5.78 Å². The summed E-state index contributed by atoms with van der Waals surface area (Å²) < 4.78 is 5.83. The second-order valence-corrected chi connectivity index (χ2v) is 5.43. The highest BCUT2D eigenvalue weighted by Crippen LogP contribution is 2.43. The third-order valence-electron chi connectivity index (χ3n) is 4.14. The Bertz CT molecular complexity index is 472. The van der Waals surface area contributed by atoms with Crippen molar-refractivity contribution in [2.45, 2.75) is 19.8 Å². The molecular formula is C16H18O2. The molecule has 1 fully saturated rings. The largest absolute Gasteiger partial charge is 0.493 e. The molecule has 2 aliphatic rings. The number of benzene rings is 1. The molecule has 2 nitrogen and oxygen atoms in total. The smallest absolute Gasteiger partial charge is 0.159 e. The summed E-state index contributed by atoms with van der Waals surface area (Å²) in [7, 11) is 0. The van der Waals surface area contributed by atoms with Crippen molar-refractivity contribution in [2.24, 2.45) is 17.8 Å². The summed E-state index contributed by atoms with van der Waals surface area (Å²) in [6, 6.07) is 7.44. The van der Waals surface area contributed by atoms with E-state index in [1.54, 1.807) is 6.92 Å². The first-order valence-corrected chi connectivity index (χ1v) is 6.64. The predicted octanol–water partition coefficient (Wildman–Crippen LogP) is 3.48. The topological polar surface area (TPSA) is 26.3 Å². The third-order valence-corrected chi connectivity index (χ3v) is 4.14. The number of ether oxygens (including phenoxy) is 1. The Labute approximate surface area is 108 Å². The van der Waals surface area contributed by atoms with Crippen molar-refractivity contribution in [1.82, 2.24) is 0 Å². The van der Waals surface area contributed by atoms with Gasteiger partial charge in [-0.3, -0.25) is 4.79 Å². The molecule has 0 spiro atoms. The standard InChI is InChI=1S/C16H18O2/c1-11(17)13-4-6-16(7-5-13)18-10-15-9-12-2-3-14(15)8-12/h2-7,12,14-15H,8-10H2,1H3. The van der Waals surface area contributed by atoms with Gasteiger partial charge >= 0.3 is 0 Å². The first-order valence-electron chi connectivity index (χ1n) is 6.64. The number of ketones is 1. The van der Waals surface area contributed by atoms with Gasteiger partial charge in [-0.05, 0) is 61.8 Å². The third kappa shape index (κ3) is 2.20. The lowest BCUT2D eigenvalue weighted by molar-refractivity contribution is 0.101. The van der Waals surface area contributed by atoms with Crippen LogP contribution >= 0.6 is 0 Å². The van der Waals surface area contributed by atoms with Crippen LogP contribution in [0.2, 0.25) is 0 Å². The molecule has 3 rings (SSSR count). The van der Waals surface area contributed by atoms with E-state index < -0.39 is 0 Å². The maximum absolute atomic E-state index is 11.2. The van der Waals surface area contributed by atoms with Crippen molar-refractivity contribution in [3.05, 3.63) is 42.0 Å². The molecular weight excluding hydrogens is 224 g/mol. The molecule has 1 saturated carbocycles. The molecule has 0 aromatic heterocycles. The van der Waals surface area contributed by atoms with Gasteiger partial charge in [-0.15, -0.1) is 0 Å². The lowest BCUT2D eigenvalue weighted by Crippen LogP contribution is -2.16. The van der Waals surface area contributed by atoms with E-state index in [2.05, 4.69) is 12.2 Å². The highest BCUT2D eigenvalue weighted by atomic mass is 16.5. The van der Waals surface area contributed by atoms with Gasteiger partial charge in [0.15, 0.2) is 5.78 Å². The first-order chi connectivity index (χ1) is 8.72. The van der Waals surface area contributed by atoms with Gasteiger partial charge in [-0.1, -0.05) is 12.2 Å². The van der Waals surface area contributed by atoms with Crippen molar-refractivity contribution < 1.29 is 9.53 Å². The fourth-order valence-corrected chi connectivity index (χ4v) is 3.08. The lowest BCUT2D eigenvalue weighted by atomic mass is 9.95. The molecule has 18 heavy (non-hydrogen) atoms. The minimum absolute atomic E-state index is 0.0970. The van der Waals surface area contributed by atoms with Gasteiger partial charge in [-0.2, -0.15) is 0 Å². The summed E-state index contributed by atoms with van der Waals surface area (Å²) in [5.74, 6) is 3.16. The molecule has 2 heteroatoms. The van der Waals surface area contributed by atoms with E-state index in [1.165, 1.54) is 12.8 Å². The van der Waals surface area contributed by atoms with Crippen LogP contribution in [0, 0.1) is 17.8 Å². The van der Waals surface area contributed by atoms with Crippen LogP contribution in [0.15, 0.2) is 36.4 Å². The number of Topliss-reactive ketones (excluding diaryl/α,β-unsaturated/α-hetero) is 1. The number of hydrogen-bond donors (Lipinski definition) is 0. The molecule has 0 aliphatic heterocycles. The van der Waals surface area contributed by atoms with Gasteiger partial charge in [0.2, 0.25) is 0 Å². The fraction of sp³-hybridized carbons (Fsp3) is 0.438. The molecule has 2 bridgehead atoms. The Morgan fingerprint density at radius 2 is 2.00 bits per heavy atom. The van der Waals surface area contributed by atoms with Crippen LogP contribution in [-0.2, 0) is 0 Å². The van der Waals surface area contributed by atoms with Gasteiger partial charge in [-0.25, -0.2) is 0 Å². The van der Waals surface area contributed by atoms with Crippen LogP contribution in [-0.4, -0.2) is 12.4 Å². The van der Waals surface area contributed by atoms with Gasteiger partial charge in [0.1, 0.15) is 5.75 Å². The van der Waals surface area contributed by atoms with Crippen LogP contribution in [0.3, 0.4) is 0 Å². The molecule has 0 amide bonds. The van der Waals surface area contributed by atoms with Crippen molar-refractivity contribution in [1.29, 1.82) is 0 Å². The predicted molar refractivity (Wildman–Crippen MR) is 70.8 cm³/mol. The zero-order valence-electron chi connectivity index (χ0n) is 10.6. The zero-order valence-corrected chi connectivity index (χ0v) is 10.6. The van der Waals surface area contributed by atoms with Gasteiger partial charge < -0.3 is 4.74 Å². The Morgan fingerprint density at radius 3 is 2.56 bits per heavy atom. The van der Waals surface area contributed by atoms with Crippen molar-refractivity contribution in [2.75, 3.05) is 6.61 Å². The molecule has 0 radical (unpaired) electrons. The summed E-state index contributed by atoms with van der Waals surface area (Å²) in [6.07, 6.45) is 7.29. The molecule has 0 N–H and O–H groups in total. The normalized spacial score (nSPS) is 28.6. The number of carbonyl (C=O) groups excluding carboxylic acids is 1.